The Labute approximate surface area is 120 Å². The normalized spacial score (nSPS) is 31.4. The third-order valence-electron chi connectivity index (χ3n) is 5.54. The highest BCUT2D eigenvalue weighted by molar-refractivity contribution is 5.95. The largest absolute Gasteiger partial charge is 0.335 e. The van der Waals surface area contributed by atoms with Crippen molar-refractivity contribution in [3.05, 3.63) is 34.9 Å². The molecule has 4 rings (SSSR count). The molecule has 0 aromatic heterocycles. The molecular weight excluding hydrogens is 248 g/mol. The quantitative estimate of drug-likeness (QED) is 0.845. The molecule has 0 bridgehead atoms. The summed E-state index contributed by atoms with van der Waals surface area (Å²) in [6.45, 7) is 5.28. The first-order valence-electron chi connectivity index (χ1n) is 7.87. The number of nitrogens with one attached hydrogen (secondary N) is 1. The van der Waals surface area contributed by atoms with Crippen molar-refractivity contribution in [3.63, 3.8) is 0 Å². The molecule has 106 valence electrons. The predicted octanol–water partition coefficient (Wildman–Crippen LogP) is 1.86. The summed E-state index contributed by atoms with van der Waals surface area (Å²) in [6.07, 6.45) is 3.56. The zero-order chi connectivity index (χ0) is 13.7. The predicted molar refractivity (Wildman–Crippen MR) is 78.8 cm³/mol. The molecule has 2 fully saturated rings. The van der Waals surface area contributed by atoms with E-state index in [1.807, 2.05) is 6.07 Å². The lowest BCUT2D eigenvalue weighted by Crippen LogP contribution is -2.38. The highest BCUT2D eigenvalue weighted by Crippen LogP contribution is 2.33. The van der Waals surface area contributed by atoms with E-state index in [0.29, 0.717) is 17.9 Å². The highest BCUT2D eigenvalue weighted by Gasteiger charge is 2.43. The molecule has 20 heavy (non-hydrogen) atoms. The van der Waals surface area contributed by atoms with E-state index in [1.54, 1.807) is 0 Å². The molecule has 3 aliphatic rings. The number of hydrogen-bond acceptors (Lipinski definition) is 2. The van der Waals surface area contributed by atoms with E-state index >= 15 is 0 Å². The third kappa shape index (κ3) is 1.80. The van der Waals surface area contributed by atoms with E-state index < -0.39 is 0 Å². The number of rotatable bonds is 1. The number of carbonyl (C=O) groups excluding carboxylic acids is 1. The molecule has 1 amide bonds. The molecule has 0 radical (unpaired) electrons. The van der Waals surface area contributed by atoms with Crippen LogP contribution in [0.4, 0.5) is 0 Å². The average molecular weight is 270 g/mol. The van der Waals surface area contributed by atoms with Gasteiger partial charge in [-0.2, -0.15) is 0 Å². The lowest BCUT2D eigenvalue weighted by molar-refractivity contribution is 0.0728. The lowest BCUT2D eigenvalue weighted by Gasteiger charge is -2.24. The van der Waals surface area contributed by atoms with Gasteiger partial charge in [0.1, 0.15) is 0 Å². The first-order valence-corrected chi connectivity index (χ1v) is 7.87. The summed E-state index contributed by atoms with van der Waals surface area (Å²) >= 11 is 0. The Morgan fingerprint density at radius 1 is 1.25 bits per heavy atom. The second-order valence-electron chi connectivity index (χ2n) is 6.62. The van der Waals surface area contributed by atoms with Gasteiger partial charge in [-0.05, 0) is 61.3 Å². The zero-order valence-corrected chi connectivity index (χ0v) is 12.1. The number of amides is 1. The molecule has 0 spiro atoms. The fourth-order valence-corrected chi connectivity index (χ4v) is 4.31. The van der Waals surface area contributed by atoms with Crippen LogP contribution in [-0.4, -0.2) is 36.5 Å². The van der Waals surface area contributed by atoms with Crippen LogP contribution in [0.15, 0.2) is 18.2 Å². The van der Waals surface area contributed by atoms with Gasteiger partial charge in [0.25, 0.3) is 5.91 Å². The van der Waals surface area contributed by atoms with Gasteiger partial charge < -0.3 is 10.2 Å². The van der Waals surface area contributed by atoms with Gasteiger partial charge in [0.2, 0.25) is 0 Å². The number of hydrogen-bond donors (Lipinski definition) is 1. The smallest absolute Gasteiger partial charge is 0.254 e. The van der Waals surface area contributed by atoms with Gasteiger partial charge in [-0.3, -0.25) is 4.79 Å². The number of nitrogens with zero attached hydrogens (tertiary/aromatic N) is 1. The Morgan fingerprint density at radius 3 is 2.95 bits per heavy atom. The van der Waals surface area contributed by atoms with E-state index in [-0.39, 0.29) is 5.91 Å². The topological polar surface area (TPSA) is 32.3 Å². The molecule has 3 heteroatoms. The van der Waals surface area contributed by atoms with Crippen LogP contribution in [0.5, 0.6) is 0 Å². The van der Waals surface area contributed by atoms with E-state index in [1.165, 1.54) is 24.0 Å². The van der Waals surface area contributed by atoms with Crippen LogP contribution in [0.3, 0.4) is 0 Å². The van der Waals surface area contributed by atoms with Crippen molar-refractivity contribution in [2.24, 2.45) is 11.8 Å². The van der Waals surface area contributed by atoms with Gasteiger partial charge in [0.05, 0.1) is 0 Å². The number of aryl methyl sites for hydroxylation is 2. The Kier molecular flexibility index (Phi) is 2.84. The highest BCUT2D eigenvalue weighted by atomic mass is 16.2. The summed E-state index contributed by atoms with van der Waals surface area (Å²) in [4.78, 5) is 14.9. The van der Waals surface area contributed by atoms with Gasteiger partial charge in [0.15, 0.2) is 0 Å². The summed E-state index contributed by atoms with van der Waals surface area (Å²) in [5.74, 6) is 1.54. The van der Waals surface area contributed by atoms with E-state index in [0.717, 1.165) is 31.6 Å². The first kappa shape index (κ1) is 12.4. The SMILES string of the molecule is CC1C2CNCC2CN1C(=O)c1ccc2c(c1)CCC2. The summed E-state index contributed by atoms with van der Waals surface area (Å²) in [6, 6.07) is 6.71. The van der Waals surface area contributed by atoms with Crippen molar-refractivity contribution in [2.75, 3.05) is 19.6 Å². The second kappa shape index (κ2) is 4.59. The molecule has 1 aromatic carbocycles. The molecule has 3 unspecified atom stereocenters. The molecule has 1 N–H and O–H groups in total. The minimum absolute atomic E-state index is 0.238. The Hall–Kier alpha value is -1.35. The van der Waals surface area contributed by atoms with Crippen LogP contribution in [0.1, 0.15) is 34.8 Å². The fourth-order valence-electron chi connectivity index (χ4n) is 4.31. The monoisotopic (exact) mass is 270 g/mol. The van der Waals surface area contributed by atoms with Gasteiger partial charge in [-0.15, -0.1) is 0 Å². The number of benzene rings is 1. The van der Waals surface area contributed by atoms with E-state index in [2.05, 4.69) is 29.3 Å². The van der Waals surface area contributed by atoms with Gasteiger partial charge in [-0.25, -0.2) is 0 Å². The van der Waals surface area contributed by atoms with Crippen LogP contribution in [0.2, 0.25) is 0 Å². The standard InChI is InChI=1S/C17H22N2O/c1-11-16-9-18-8-15(16)10-19(11)17(20)14-6-5-12-3-2-4-13(12)7-14/h5-7,11,15-16,18H,2-4,8-10H2,1H3. The van der Waals surface area contributed by atoms with Crippen LogP contribution in [0.25, 0.3) is 0 Å². The first-order chi connectivity index (χ1) is 9.74. The van der Waals surface area contributed by atoms with Crippen LogP contribution in [-0.2, 0) is 12.8 Å². The minimum Gasteiger partial charge on any atom is -0.335 e. The second-order valence-corrected chi connectivity index (χ2v) is 6.62. The number of carbonyl (C=O) groups is 1. The minimum atomic E-state index is 0.238. The molecule has 3 nitrogen and oxygen atoms in total. The maximum absolute atomic E-state index is 12.8. The molecule has 1 aliphatic carbocycles. The lowest BCUT2D eigenvalue weighted by atomic mass is 9.95. The average Bonchev–Trinajstić information content (AvgIpc) is 3.15. The molecule has 3 atom stereocenters. The van der Waals surface area contributed by atoms with Gasteiger partial charge in [-0.1, -0.05) is 6.07 Å². The van der Waals surface area contributed by atoms with Crippen molar-refractivity contribution in [2.45, 2.75) is 32.2 Å². The van der Waals surface area contributed by atoms with Crippen LogP contribution in [0, 0.1) is 11.8 Å². The number of fused-ring (bicyclic) bond motifs is 2. The van der Waals surface area contributed by atoms with Crippen LogP contribution >= 0.6 is 0 Å². The molecule has 2 heterocycles. The Balaban J connectivity index is 1.58. The van der Waals surface area contributed by atoms with Crippen molar-refractivity contribution >= 4 is 5.91 Å². The van der Waals surface area contributed by atoms with Crippen molar-refractivity contribution in [1.29, 1.82) is 0 Å². The summed E-state index contributed by atoms with van der Waals surface area (Å²) < 4.78 is 0. The van der Waals surface area contributed by atoms with Gasteiger partial charge in [0, 0.05) is 31.2 Å². The number of likely N-dealkylation sites (tertiary alicyclic amines) is 1. The molecule has 2 aliphatic heterocycles. The van der Waals surface area contributed by atoms with Crippen molar-refractivity contribution in [1.82, 2.24) is 10.2 Å². The fraction of sp³-hybridized carbons (Fsp3) is 0.588. The summed E-state index contributed by atoms with van der Waals surface area (Å²) in [7, 11) is 0. The van der Waals surface area contributed by atoms with E-state index in [4.69, 9.17) is 0 Å². The van der Waals surface area contributed by atoms with Gasteiger partial charge >= 0.3 is 0 Å². The summed E-state index contributed by atoms with van der Waals surface area (Å²) in [5.41, 5.74) is 3.73. The molecule has 1 aromatic rings. The van der Waals surface area contributed by atoms with E-state index in [9.17, 15) is 4.79 Å². The maximum Gasteiger partial charge on any atom is 0.254 e. The Bertz CT molecular complexity index is 554. The third-order valence-corrected chi connectivity index (χ3v) is 5.54. The molecular formula is C17H22N2O. The maximum atomic E-state index is 12.8. The van der Waals surface area contributed by atoms with Crippen LogP contribution < -0.4 is 5.32 Å². The van der Waals surface area contributed by atoms with Crippen molar-refractivity contribution < 1.29 is 4.79 Å². The molecule has 0 saturated carbocycles. The molecule has 2 saturated heterocycles. The zero-order valence-electron chi connectivity index (χ0n) is 12.1. The Morgan fingerprint density at radius 2 is 2.10 bits per heavy atom. The summed E-state index contributed by atoms with van der Waals surface area (Å²) in [5, 5.41) is 3.45. The van der Waals surface area contributed by atoms with Crippen molar-refractivity contribution in [3.8, 4) is 0 Å².